The third-order valence-electron chi connectivity index (χ3n) is 4.98. The number of carbonyl (C=O) groups is 4. The second kappa shape index (κ2) is 10.7. The van der Waals surface area contributed by atoms with E-state index in [1.54, 1.807) is 25.1 Å². The van der Waals surface area contributed by atoms with Crippen molar-refractivity contribution in [3.8, 4) is 0 Å². The van der Waals surface area contributed by atoms with E-state index in [0.717, 1.165) is 17.0 Å². The zero-order valence-corrected chi connectivity index (χ0v) is 18.2. The SMILES string of the molecule is CCOC(=O)c1cccc(NC(=O)CC2C(=O)N(c3ccc(F)cc3)C(=O)N2CCOC)c1. The summed E-state index contributed by atoms with van der Waals surface area (Å²) in [5.41, 5.74) is 0.825. The minimum absolute atomic E-state index is 0.0923. The van der Waals surface area contributed by atoms with Crippen LogP contribution >= 0.6 is 0 Å². The van der Waals surface area contributed by atoms with E-state index in [0.29, 0.717) is 5.69 Å². The summed E-state index contributed by atoms with van der Waals surface area (Å²) in [6, 6.07) is 9.45. The summed E-state index contributed by atoms with van der Waals surface area (Å²) in [4.78, 5) is 52.8. The van der Waals surface area contributed by atoms with Gasteiger partial charge in [0.05, 0.1) is 30.9 Å². The molecule has 1 aliphatic heterocycles. The van der Waals surface area contributed by atoms with Crippen LogP contribution in [0.5, 0.6) is 0 Å². The molecule has 1 atom stereocenters. The molecule has 0 spiro atoms. The van der Waals surface area contributed by atoms with Gasteiger partial charge >= 0.3 is 12.0 Å². The van der Waals surface area contributed by atoms with Gasteiger partial charge in [0.1, 0.15) is 11.9 Å². The molecule has 0 aliphatic carbocycles. The molecule has 1 heterocycles. The monoisotopic (exact) mass is 457 g/mol. The number of hydrogen-bond donors (Lipinski definition) is 1. The lowest BCUT2D eigenvalue weighted by molar-refractivity contribution is -0.124. The van der Waals surface area contributed by atoms with Gasteiger partial charge in [-0.25, -0.2) is 18.9 Å². The lowest BCUT2D eigenvalue weighted by Gasteiger charge is -2.21. The molecule has 2 aromatic rings. The van der Waals surface area contributed by atoms with Gasteiger partial charge < -0.3 is 19.7 Å². The van der Waals surface area contributed by atoms with Crippen LogP contribution in [0.15, 0.2) is 48.5 Å². The van der Waals surface area contributed by atoms with Crippen molar-refractivity contribution in [2.24, 2.45) is 0 Å². The quantitative estimate of drug-likeness (QED) is 0.459. The predicted octanol–water partition coefficient (Wildman–Crippen LogP) is 2.81. The van der Waals surface area contributed by atoms with Gasteiger partial charge in [0.25, 0.3) is 5.91 Å². The summed E-state index contributed by atoms with van der Waals surface area (Å²) in [5.74, 6) is -2.15. The number of nitrogens with zero attached hydrogens (tertiary/aromatic N) is 2. The summed E-state index contributed by atoms with van der Waals surface area (Å²) in [6.07, 6.45) is -0.310. The molecule has 0 bridgehead atoms. The van der Waals surface area contributed by atoms with Crippen molar-refractivity contribution in [3.05, 3.63) is 59.9 Å². The van der Waals surface area contributed by atoms with Crippen LogP contribution in [0.1, 0.15) is 23.7 Å². The first-order chi connectivity index (χ1) is 15.8. The highest BCUT2D eigenvalue weighted by Gasteiger charge is 2.46. The molecule has 0 aromatic heterocycles. The first-order valence-corrected chi connectivity index (χ1v) is 10.3. The number of hydrogen-bond acceptors (Lipinski definition) is 6. The first kappa shape index (κ1) is 23.9. The second-order valence-corrected chi connectivity index (χ2v) is 7.19. The van der Waals surface area contributed by atoms with Gasteiger partial charge in [0.15, 0.2) is 0 Å². The smallest absolute Gasteiger partial charge is 0.338 e. The standard InChI is InChI=1S/C23H24FN3O6/c1-3-33-22(30)15-5-4-6-17(13-15)25-20(28)14-19-21(29)27(18-9-7-16(24)8-10-18)23(31)26(19)11-12-32-2/h4-10,13,19H,3,11-12,14H2,1-2H3,(H,25,28). The van der Waals surface area contributed by atoms with Gasteiger partial charge in [0.2, 0.25) is 5.91 Å². The molecular formula is C23H24FN3O6. The van der Waals surface area contributed by atoms with Crippen LogP contribution in [0, 0.1) is 5.82 Å². The number of ether oxygens (including phenoxy) is 2. The van der Waals surface area contributed by atoms with Crippen LogP contribution in [-0.2, 0) is 19.1 Å². The summed E-state index contributed by atoms with van der Waals surface area (Å²) >= 11 is 0. The Labute approximate surface area is 190 Å². The molecule has 4 amide bonds. The van der Waals surface area contributed by atoms with Crippen molar-refractivity contribution in [3.63, 3.8) is 0 Å². The molecule has 1 aliphatic rings. The van der Waals surface area contributed by atoms with Crippen molar-refractivity contribution in [1.82, 2.24) is 4.90 Å². The summed E-state index contributed by atoms with van der Waals surface area (Å²) in [7, 11) is 1.46. The maximum absolute atomic E-state index is 13.3. The van der Waals surface area contributed by atoms with Gasteiger partial charge in [-0.05, 0) is 49.4 Å². The predicted molar refractivity (Wildman–Crippen MR) is 117 cm³/mol. The largest absolute Gasteiger partial charge is 0.462 e. The minimum atomic E-state index is -1.06. The first-order valence-electron chi connectivity index (χ1n) is 10.3. The lowest BCUT2D eigenvalue weighted by Crippen LogP contribution is -2.39. The lowest BCUT2D eigenvalue weighted by atomic mass is 10.1. The molecule has 1 fully saturated rings. The molecule has 33 heavy (non-hydrogen) atoms. The summed E-state index contributed by atoms with van der Waals surface area (Å²) in [5, 5.41) is 2.64. The number of nitrogens with one attached hydrogen (secondary N) is 1. The number of carbonyl (C=O) groups excluding carboxylic acids is 4. The minimum Gasteiger partial charge on any atom is -0.462 e. The fourth-order valence-corrected chi connectivity index (χ4v) is 3.43. The number of amides is 4. The van der Waals surface area contributed by atoms with Gasteiger partial charge in [-0.15, -0.1) is 0 Å². The molecule has 0 radical (unpaired) electrons. The number of esters is 1. The van der Waals surface area contributed by atoms with E-state index in [2.05, 4.69) is 5.32 Å². The number of methoxy groups -OCH3 is 1. The molecule has 9 nitrogen and oxygen atoms in total. The van der Waals surface area contributed by atoms with Crippen LogP contribution in [0.4, 0.5) is 20.6 Å². The van der Waals surface area contributed by atoms with Crippen LogP contribution in [-0.4, -0.2) is 61.6 Å². The molecular weight excluding hydrogens is 433 g/mol. The molecule has 1 unspecified atom stereocenters. The zero-order chi connectivity index (χ0) is 24.0. The third-order valence-corrected chi connectivity index (χ3v) is 4.98. The Morgan fingerprint density at radius 2 is 1.85 bits per heavy atom. The van der Waals surface area contributed by atoms with E-state index in [1.165, 1.54) is 30.2 Å². The van der Waals surface area contributed by atoms with E-state index >= 15 is 0 Å². The van der Waals surface area contributed by atoms with Crippen molar-refractivity contribution < 1.29 is 33.0 Å². The van der Waals surface area contributed by atoms with Crippen LogP contribution in [0.25, 0.3) is 0 Å². The number of halogens is 1. The van der Waals surface area contributed by atoms with E-state index in [4.69, 9.17) is 9.47 Å². The number of benzene rings is 2. The van der Waals surface area contributed by atoms with Gasteiger partial charge in [-0.2, -0.15) is 0 Å². The maximum atomic E-state index is 13.3. The van der Waals surface area contributed by atoms with Gasteiger partial charge in [0, 0.05) is 19.3 Å². The third kappa shape index (κ3) is 5.53. The zero-order valence-electron chi connectivity index (χ0n) is 18.2. The van der Waals surface area contributed by atoms with E-state index in [-0.39, 0.29) is 37.4 Å². The van der Waals surface area contributed by atoms with Gasteiger partial charge in [-0.1, -0.05) is 6.07 Å². The normalized spacial score (nSPS) is 15.7. The Balaban J connectivity index is 1.77. The average Bonchev–Trinajstić information content (AvgIpc) is 3.02. The van der Waals surface area contributed by atoms with E-state index in [1.807, 2.05) is 0 Å². The fourth-order valence-electron chi connectivity index (χ4n) is 3.43. The molecule has 1 saturated heterocycles. The molecule has 174 valence electrons. The number of rotatable bonds is 9. The highest BCUT2D eigenvalue weighted by Crippen LogP contribution is 2.27. The molecule has 1 N–H and O–H groups in total. The summed E-state index contributed by atoms with van der Waals surface area (Å²) < 4.78 is 23.3. The average molecular weight is 457 g/mol. The topological polar surface area (TPSA) is 105 Å². The molecule has 2 aromatic carbocycles. The number of urea groups is 1. The maximum Gasteiger partial charge on any atom is 0.338 e. The number of anilines is 2. The molecule has 3 rings (SSSR count). The van der Waals surface area contributed by atoms with E-state index < -0.39 is 35.7 Å². The van der Waals surface area contributed by atoms with Crippen LogP contribution in [0.2, 0.25) is 0 Å². The van der Waals surface area contributed by atoms with E-state index in [9.17, 15) is 23.6 Å². The fraction of sp³-hybridized carbons (Fsp3) is 0.304. The van der Waals surface area contributed by atoms with Crippen molar-refractivity contribution in [2.75, 3.05) is 37.1 Å². The van der Waals surface area contributed by atoms with Crippen molar-refractivity contribution >= 4 is 35.2 Å². The Kier molecular flexibility index (Phi) is 7.73. The Bertz CT molecular complexity index is 1040. The Hall–Kier alpha value is -3.79. The van der Waals surface area contributed by atoms with Crippen molar-refractivity contribution in [2.45, 2.75) is 19.4 Å². The highest BCUT2D eigenvalue weighted by atomic mass is 19.1. The Morgan fingerprint density at radius 1 is 1.12 bits per heavy atom. The second-order valence-electron chi connectivity index (χ2n) is 7.19. The summed E-state index contributed by atoms with van der Waals surface area (Å²) in [6.45, 7) is 2.16. The van der Waals surface area contributed by atoms with Crippen LogP contribution < -0.4 is 10.2 Å². The molecule has 10 heteroatoms. The van der Waals surface area contributed by atoms with Gasteiger partial charge in [-0.3, -0.25) is 9.59 Å². The van der Waals surface area contributed by atoms with Crippen molar-refractivity contribution in [1.29, 1.82) is 0 Å². The number of imide groups is 1. The Morgan fingerprint density at radius 3 is 2.52 bits per heavy atom. The van der Waals surface area contributed by atoms with Crippen LogP contribution in [0.3, 0.4) is 0 Å². The molecule has 0 saturated carbocycles. The highest BCUT2D eigenvalue weighted by molar-refractivity contribution is 6.22.